The third kappa shape index (κ3) is 1.50. The Labute approximate surface area is 95.7 Å². The first kappa shape index (κ1) is 9.71. The summed E-state index contributed by atoms with van der Waals surface area (Å²) in [6, 6.07) is 7.46. The van der Waals surface area contributed by atoms with Crippen molar-refractivity contribution in [2.45, 2.75) is 0 Å². The SMILES string of the molecule is Nc1ncc(F)c(-n2ncc3ccccc32)n1. The number of halogens is 1. The Morgan fingerprint density at radius 1 is 1.18 bits per heavy atom. The van der Waals surface area contributed by atoms with E-state index in [9.17, 15) is 4.39 Å². The first-order chi connectivity index (χ1) is 8.25. The van der Waals surface area contributed by atoms with Crippen LogP contribution in [0.25, 0.3) is 16.7 Å². The molecule has 0 aliphatic rings. The van der Waals surface area contributed by atoms with Crippen LogP contribution in [-0.2, 0) is 0 Å². The predicted molar refractivity (Wildman–Crippen MR) is 61.0 cm³/mol. The number of nitrogens with zero attached hydrogens (tertiary/aromatic N) is 4. The standard InChI is InChI=1S/C11H8FN5/c12-8-6-14-11(13)16-10(8)17-9-4-2-1-3-7(9)5-15-17/h1-6H,(H2,13,14,16). The Kier molecular flexibility index (Phi) is 2.01. The minimum absolute atomic E-state index is 0.0148. The summed E-state index contributed by atoms with van der Waals surface area (Å²) in [4.78, 5) is 7.44. The number of anilines is 1. The van der Waals surface area contributed by atoms with E-state index in [1.807, 2.05) is 24.3 Å². The van der Waals surface area contributed by atoms with Crippen LogP contribution in [0.3, 0.4) is 0 Å². The Morgan fingerprint density at radius 2 is 2.00 bits per heavy atom. The van der Waals surface area contributed by atoms with Gasteiger partial charge in [0.2, 0.25) is 5.95 Å². The normalized spacial score (nSPS) is 10.9. The van der Waals surface area contributed by atoms with Crippen LogP contribution >= 0.6 is 0 Å². The number of hydrogen-bond donors (Lipinski definition) is 1. The molecule has 0 amide bonds. The van der Waals surface area contributed by atoms with Gasteiger partial charge in [0.1, 0.15) is 0 Å². The fraction of sp³-hybridized carbons (Fsp3) is 0. The van der Waals surface area contributed by atoms with Gasteiger partial charge in [-0.3, -0.25) is 0 Å². The van der Waals surface area contributed by atoms with Gasteiger partial charge in [0.05, 0.1) is 17.9 Å². The molecule has 2 aromatic heterocycles. The lowest BCUT2D eigenvalue weighted by atomic mass is 10.2. The second-order valence-corrected chi connectivity index (χ2v) is 3.51. The van der Waals surface area contributed by atoms with Gasteiger partial charge in [-0.25, -0.2) is 14.1 Å². The summed E-state index contributed by atoms with van der Waals surface area (Å²) in [5.74, 6) is -0.493. The van der Waals surface area contributed by atoms with Crippen LogP contribution in [0.1, 0.15) is 0 Å². The number of fused-ring (bicyclic) bond motifs is 1. The molecule has 0 saturated carbocycles. The van der Waals surface area contributed by atoms with Gasteiger partial charge in [-0.1, -0.05) is 18.2 Å². The Morgan fingerprint density at radius 3 is 2.88 bits per heavy atom. The number of nitrogen functional groups attached to an aromatic ring is 1. The van der Waals surface area contributed by atoms with Crippen molar-refractivity contribution >= 4 is 16.9 Å². The van der Waals surface area contributed by atoms with E-state index in [1.165, 1.54) is 4.68 Å². The summed E-state index contributed by atoms with van der Waals surface area (Å²) in [7, 11) is 0. The van der Waals surface area contributed by atoms with E-state index in [0.29, 0.717) is 0 Å². The Bertz CT molecular complexity index is 691. The third-order valence-corrected chi connectivity index (χ3v) is 2.42. The molecule has 2 N–H and O–H groups in total. The van der Waals surface area contributed by atoms with Crippen molar-refractivity contribution in [2.75, 3.05) is 5.73 Å². The molecule has 84 valence electrons. The fourth-order valence-corrected chi connectivity index (χ4v) is 1.66. The van der Waals surface area contributed by atoms with E-state index in [1.54, 1.807) is 6.20 Å². The van der Waals surface area contributed by atoms with Crippen molar-refractivity contribution in [1.82, 2.24) is 19.7 Å². The lowest BCUT2D eigenvalue weighted by Crippen LogP contribution is -2.06. The second kappa shape index (κ2) is 3.51. The molecule has 0 aliphatic carbocycles. The minimum atomic E-state index is -0.562. The van der Waals surface area contributed by atoms with Crippen LogP contribution in [-0.4, -0.2) is 19.7 Å². The van der Waals surface area contributed by atoms with Crippen molar-refractivity contribution in [3.8, 4) is 5.82 Å². The summed E-state index contributed by atoms with van der Waals surface area (Å²) in [6.45, 7) is 0. The average molecular weight is 229 g/mol. The number of benzene rings is 1. The molecule has 0 aliphatic heterocycles. The van der Waals surface area contributed by atoms with Crippen molar-refractivity contribution in [1.29, 1.82) is 0 Å². The summed E-state index contributed by atoms with van der Waals surface area (Å²) in [5.41, 5.74) is 6.22. The van der Waals surface area contributed by atoms with Crippen LogP contribution in [0.15, 0.2) is 36.7 Å². The number of para-hydroxylation sites is 1. The Balaban J connectivity index is 2.31. The van der Waals surface area contributed by atoms with Gasteiger partial charge in [0.25, 0.3) is 0 Å². The molecule has 3 aromatic rings. The predicted octanol–water partition coefficient (Wildman–Crippen LogP) is 1.54. The zero-order valence-electron chi connectivity index (χ0n) is 8.71. The molecule has 0 fully saturated rings. The maximum absolute atomic E-state index is 13.6. The van der Waals surface area contributed by atoms with Crippen molar-refractivity contribution in [3.05, 3.63) is 42.5 Å². The molecular formula is C11H8FN5. The van der Waals surface area contributed by atoms with E-state index in [0.717, 1.165) is 17.1 Å². The van der Waals surface area contributed by atoms with Gasteiger partial charge < -0.3 is 5.73 Å². The highest BCUT2D eigenvalue weighted by Crippen LogP contribution is 2.18. The summed E-state index contributed by atoms with van der Waals surface area (Å²) in [6.07, 6.45) is 2.68. The van der Waals surface area contributed by atoms with Gasteiger partial charge in [-0.05, 0) is 6.07 Å². The molecule has 2 heterocycles. The zero-order valence-corrected chi connectivity index (χ0v) is 8.71. The first-order valence-electron chi connectivity index (χ1n) is 4.97. The van der Waals surface area contributed by atoms with Crippen molar-refractivity contribution < 1.29 is 4.39 Å². The Hall–Kier alpha value is -2.50. The lowest BCUT2D eigenvalue weighted by Gasteiger charge is -2.03. The van der Waals surface area contributed by atoms with E-state index in [4.69, 9.17) is 5.73 Å². The highest BCUT2D eigenvalue weighted by Gasteiger charge is 2.11. The highest BCUT2D eigenvalue weighted by molar-refractivity contribution is 5.79. The summed E-state index contributed by atoms with van der Waals surface area (Å²) in [5, 5.41) is 5.00. The van der Waals surface area contributed by atoms with Gasteiger partial charge in [-0.15, -0.1) is 0 Å². The van der Waals surface area contributed by atoms with Gasteiger partial charge in [0.15, 0.2) is 11.6 Å². The van der Waals surface area contributed by atoms with Crippen LogP contribution in [0.2, 0.25) is 0 Å². The number of nitrogens with two attached hydrogens (primary N) is 1. The monoisotopic (exact) mass is 229 g/mol. The third-order valence-electron chi connectivity index (χ3n) is 2.42. The molecule has 0 unspecified atom stereocenters. The number of rotatable bonds is 1. The first-order valence-corrected chi connectivity index (χ1v) is 4.97. The smallest absolute Gasteiger partial charge is 0.222 e. The van der Waals surface area contributed by atoms with E-state index >= 15 is 0 Å². The van der Waals surface area contributed by atoms with Crippen LogP contribution < -0.4 is 5.73 Å². The molecule has 0 atom stereocenters. The maximum Gasteiger partial charge on any atom is 0.222 e. The number of aromatic nitrogens is 4. The van der Waals surface area contributed by atoms with Crippen LogP contribution in [0.5, 0.6) is 0 Å². The highest BCUT2D eigenvalue weighted by atomic mass is 19.1. The quantitative estimate of drug-likeness (QED) is 0.687. The van der Waals surface area contributed by atoms with Crippen LogP contribution in [0, 0.1) is 5.82 Å². The van der Waals surface area contributed by atoms with Crippen molar-refractivity contribution in [3.63, 3.8) is 0 Å². The topological polar surface area (TPSA) is 69.6 Å². The van der Waals surface area contributed by atoms with Crippen LogP contribution in [0.4, 0.5) is 10.3 Å². The molecule has 17 heavy (non-hydrogen) atoms. The lowest BCUT2D eigenvalue weighted by molar-refractivity contribution is 0.597. The van der Waals surface area contributed by atoms with Gasteiger partial charge in [0, 0.05) is 5.39 Å². The molecule has 6 heteroatoms. The molecule has 3 rings (SSSR count). The second-order valence-electron chi connectivity index (χ2n) is 3.51. The fourth-order valence-electron chi connectivity index (χ4n) is 1.66. The molecule has 5 nitrogen and oxygen atoms in total. The van der Waals surface area contributed by atoms with Crippen molar-refractivity contribution in [2.24, 2.45) is 0 Å². The zero-order chi connectivity index (χ0) is 11.8. The summed E-state index contributed by atoms with van der Waals surface area (Å²) >= 11 is 0. The number of hydrogen-bond acceptors (Lipinski definition) is 4. The van der Waals surface area contributed by atoms with E-state index in [-0.39, 0.29) is 11.8 Å². The maximum atomic E-state index is 13.6. The summed E-state index contributed by atoms with van der Waals surface area (Å²) < 4.78 is 15.0. The molecule has 1 aromatic carbocycles. The largest absolute Gasteiger partial charge is 0.368 e. The molecule has 0 saturated heterocycles. The van der Waals surface area contributed by atoms with Gasteiger partial charge >= 0.3 is 0 Å². The molecule has 0 bridgehead atoms. The molecular weight excluding hydrogens is 221 g/mol. The van der Waals surface area contributed by atoms with E-state index < -0.39 is 5.82 Å². The molecule has 0 spiro atoms. The van der Waals surface area contributed by atoms with Gasteiger partial charge in [-0.2, -0.15) is 10.1 Å². The minimum Gasteiger partial charge on any atom is -0.368 e. The average Bonchev–Trinajstić information content (AvgIpc) is 2.76. The van der Waals surface area contributed by atoms with E-state index in [2.05, 4.69) is 15.1 Å². The molecule has 0 radical (unpaired) electrons.